The van der Waals surface area contributed by atoms with Crippen molar-refractivity contribution < 1.29 is 9.47 Å². The summed E-state index contributed by atoms with van der Waals surface area (Å²) >= 11 is 0. The third kappa shape index (κ3) is 4.20. The zero-order chi connectivity index (χ0) is 13.5. The largest absolute Gasteiger partial charge is 0.383 e. The van der Waals surface area contributed by atoms with Crippen LogP contribution in [0.5, 0.6) is 0 Å². The maximum atomic E-state index is 5.44. The number of likely N-dealkylation sites (N-methyl/N-ethyl adjacent to an activating group) is 1. The summed E-state index contributed by atoms with van der Waals surface area (Å²) in [4.78, 5) is 2.31. The molecule has 4 nitrogen and oxygen atoms in total. The number of benzene rings is 1. The van der Waals surface area contributed by atoms with Crippen LogP contribution in [0.4, 0.5) is 5.69 Å². The van der Waals surface area contributed by atoms with Crippen LogP contribution in [-0.4, -0.2) is 46.6 Å². The molecule has 4 heteroatoms. The van der Waals surface area contributed by atoms with Crippen LogP contribution in [0.15, 0.2) is 24.3 Å². The van der Waals surface area contributed by atoms with Gasteiger partial charge >= 0.3 is 0 Å². The van der Waals surface area contributed by atoms with Gasteiger partial charge in [0.1, 0.15) is 0 Å². The molecule has 0 bridgehead atoms. The summed E-state index contributed by atoms with van der Waals surface area (Å²) in [6.07, 6.45) is 1.12. The lowest BCUT2D eigenvalue weighted by molar-refractivity contribution is 0.193. The zero-order valence-corrected chi connectivity index (χ0v) is 11.9. The Balaban J connectivity index is 1.83. The van der Waals surface area contributed by atoms with Crippen molar-refractivity contribution in [1.29, 1.82) is 0 Å². The lowest BCUT2D eigenvalue weighted by Gasteiger charge is -2.25. The van der Waals surface area contributed by atoms with E-state index in [-0.39, 0.29) is 0 Å². The lowest BCUT2D eigenvalue weighted by Crippen LogP contribution is -2.31. The van der Waals surface area contributed by atoms with Gasteiger partial charge < -0.3 is 19.7 Å². The molecule has 1 saturated heterocycles. The third-order valence-corrected chi connectivity index (χ3v) is 3.61. The maximum absolute atomic E-state index is 5.44. The van der Waals surface area contributed by atoms with Gasteiger partial charge in [0, 0.05) is 39.5 Å². The van der Waals surface area contributed by atoms with Crippen LogP contribution in [0, 0.1) is 0 Å². The van der Waals surface area contributed by atoms with E-state index in [1.807, 2.05) is 0 Å². The van der Waals surface area contributed by atoms with E-state index in [9.17, 15) is 0 Å². The highest BCUT2D eigenvalue weighted by Crippen LogP contribution is 2.20. The highest BCUT2D eigenvalue weighted by molar-refractivity contribution is 5.48. The smallest absolute Gasteiger partial charge is 0.0670 e. The fourth-order valence-corrected chi connectivity index (χ4v) is 2.29. The number of rotatable bonds is 7. The van der Waals surface area contributed by atoms with Crippen LogP contribution < -0.4 is 10.2 Å². The second-order valence-corrected chi connectivity index (χ2v) is 4.96. The number of hydrogen-bond acceptors (Lipinski definition) is 4. The van der Waals surface area contributed by atoms with Gasteiger partial charge in [0.2, 0.25) is 0 Å². The van der Waals surface area contributed by atoms with Crippen molar-refractivity contribution >= 4 is 5.69 Å². The van der Waals surface area contributed by atoms with Crippen molar-refractivity contribution in [3.63, 3.8) is 0 Å². The third-order valence-electron chi connectivity index (χ3n) is 3.61. The first-order valence-corrected chi connectivity index (χ1v) is 6.90. The van der Waals surface area contributed by atoms with E-state index in [4.69, 9.17) is 9.47 Å². The second-order valence-electron chi connectivity index (χ2n) is 4.96. The quantitative estimate of drug-likeness (QED) is 0.759. The van der Waals surface area contributed by atoms with Gasteiger partial charge in [-0.2, -0.15) is 0 Å². The van der Waals surface area contributed by atoms with Crippen molar-refractivity contribution in [2.75, 3.05) is 45.4 Å². The molecule has 1 aromatic carbocycles. The SMILES string of the molecule is COCCNCc1ccc(N(C)C2CCOC2)cc1. The first kappa shape index (κ1) is 14.3. The molecule has 1 N–H and O–H groups in total. The van der Waals surface area contributed by atoms with E-state index in [1.165, 1.54) is 11.3 Å². The van der Waals surface area contributed by atoms with Gasteiger partial charge in [-0.15, -0.1) is 0 Å². The first-order chi connectivity index (χ1) is 9.31. The van der Waals surface area contributed by atoms with Crippen LogP contribution in [0.25, 0.3) is 0 Å². The van der Waals surface area contributed by atoms with E-state index < -0.39 is 0 Å². The molecule has 1 aliphatic heterocycles. The second kappa shape index (κ2) is 7.48. The van der Waals surface area contributed by atoms with Crippen LogP contribution in [0.1, 0.15) is 12.0 Å². The van der Waals surface area contributed by atoms with Gasteiger partial charge in [-0.25, -0.2) is 0 Å². The van der Waals surface area contributed by atoms with Gasteiger partial charge in [0.15, 0.2) is 0 Å². The molecular formula is C15H24N2O2. The molecule has 0 amide bonds. The van der Waals surface area contributed by atoms with Gasteiger partial charge in [0.25, 0.3) is 0 Å². The molecule has 1 unspecified atom stereocenters. The molecular weight excluding hydrogens is 240 g/mol. The van der Waals surface area contributed by atoms with Crippen LogP contribution in [0.3, 0.4) is 0 Å². The fourth-order valence-electron chi connectivity index (χ4n) is 2.29. The average Bonchev–Trinajstić information content (AvgIpc) is 2.98. The van der Waals surface area contributed by atoms with E-state index in [0.717, 1.165) is 39.3 Å². The normalized spacial score (nSPS) is 18.7. The van der Waals surface area contributed by atoms with Gasteiger partial charge in [0.05, 0.1) is 19.3 Å². The highest BCUT2D eigenvalue weighted by atomic mass is 16.5. The number of ether oxygens (including phenoxy) is 2. The highest BCUT2D eigenvalue weighted by Gasteiger charge is 2.20. The standard InChI is InChI=1S/C15H24N2O2/c1-17(15-7-9-19-12-15)14-5-3-13(4-6-14)11-16-8-10-18-2/h3-6,15-16H,7-12H2,1-2H3. The summed E-state index contributed by atoms with van der Waals surface area (Å²) in [5.41, 5.74) is 2.56. The molecule has 1 fully saturated rings. The van der Waals surface area contributed by atoms with E-state index in [2.05, 4.69) is 41.5 Å². The first-order valence-electron chi connectivity index (χ1n) is 6.90. The van der Waals surface area contributed by atoms with Crippen LogP contribution in [-0.2, 0) is 16.0 Å². The predicted molar refractivity (Wildman–Crippen MR) is 77.7 cm³/mol. The molecule has 0 spiro atoms. The summed E-state index contributed by atoms with van der Waals surface area (Å²) in [5, 5.41) is 3.35. The monoisotopic (exact) mass is 264 g/mol. The number of methoxy groups -OCH3 is 1. The molecule has 0 aliphatic carbocycles. The minimum absolute atomic E-state index is 0.519. The fraction of sp³-hybridized carbons (Fsp3) is 0.600. The van der Waals surface area contributed by atoms with Crippen LogP contribution in [0.2, 0.25) is 0 Å². The Morgan fingerprint density at radius 2 is 2.16 bits per heavy atom. The summed E-state index contributed by atoms with van der Waals surface area (Å²) in [6.45, 7) is 4.26. The number of anilines is 1. The van der Waals surface area contributed by atoms with E-state index >= 15 is 0 Å². The van der Waals surface area contributed by atoms with Crippen molar-refractivity contribution in [2.24, 2.45) is 0 Å². The Morgan fingerprint density at radius 3 is 2.79 bits per heavy atom. The maximum Gasteiger partial charge on any atom is 0.0670 e. The Labute approximate surface area is 115 Å². The van der Waals surface area contributed by atoms with Gasteiger partial charge in [-0.3, -0.25) is 0 Å². The minimum Gasteiger partial charge on any atom is -0.383 e. The molecule has 106 valence electrons. The lowest BCUT2D eigenvalue weighted by atomic mass is 10.1. The zero-order valence-electron chi connectivity index (χ0n) is 11.9. The summed E-state index contributed by atoms with van der Waals surface area (Å²) < 4.78 is 10.4. The van der Waals surface area contributed by atoms with Crippen molar-refractivity contribution in [1.82, 2.24) is 5.32 Å². The summed E-state index contributed by atoms with van der Waals surface area (Å²) in [6, 6.07) is 9.26. The van der Waals surface area contributed by atoms with Crippen molar-refractivity contribution in [2.45, 2.75) is 19.0 Å². The number of nitrogens with zero attached hydrogens (tertiary/aromatic N) is 1. The van der Waals surface area contributed by atoms with Crippen LogP contribution >= 0.6 is 0 Å². The molecule has 1 aliphatic rings. The molecule has 1 aromatic rings. The predicted octanol–water partition coefficient (Wildman–Crippen LogP) is 1.65. The van der Waals surface area contributed by atoms with Crippen molar-refractivity contribution in [3.05, 3.63) is 29.8 Å². The molecule has 0 saturated carbocycles. The van der Waals surface area contributed by atoms with Crippen molar-refractivity contribution in [3.8, 4) is 0 Å². The van der Waals surface area contributed by atoms with E-state index in [1.54, 1.807) is 7.11 Å². The summed E-state index contributed by atoms with van der Waals surface area (Å²) in [5.74, 6) is 0. The molecule has 19 heavy (non-hydrogen) atoms. The molecule has 0 aromatic heterocycles. The summed E-state index contributed by atoms with van der Waals surface area (Å²) in [7, 11) is 3.87. The minimum atomic E-state index is 0.519. The number of nitrogens with one attached hydrogen (secondary N) is 1. The van der Waals surface area contributed by atoms with Gasteiger partial charge in [-0.05, 0) is 24.1 Å². The topological polar surface area (TPSA) is 33.7 Å². The Bertz CT molecular complexity index is 361. The Kier molecular flexibility index (Phi) is 5.63. The Morgan fingerprint density at radius 1 is 1.37 bits per heavy atom. The average molecular weight is 264 g/mol. The molecule has 0 radical (unpaired) electrons. The molecule has 1 heterocycles. The number of hydrogen-bond donors (Lipinski definition) is 1. The van der Waals surface area contributed by atoms with E-state index in [0.29, 0.717) is 6.04 Å². The Hall–Kier alpha value is -1.10. The van der Waals surface area contributed by atoms with Gasteiger partial charge in [-0.1, -0.05) is 12.1 Å². The molecule has 1 atom stereocenters. The molecule has 2 rings (SSSR count).